The van der Waals surface area contributed by atoms with Gasteiger partial charge in [-0.25, -0.2) is 4.79 Å². The third kappa shape index (κ3) is 3.97. The average Bonchev–Trinajstić information content (AvgIpc) is 2.95. The third-order valence-corrected chi connectivity index (χ3v) is 3.67. The average molecular weight is 290 g/mol. The number of benzene rings is 1. The van der Waals surface area contributed by atoms with Gasteiger partial charge in [-0.15, -0.1) is 0 Å². The minimum Gasteiger partial charge on any atom is -0.465 e. The second kappa shape index (κ2) is 7.11. The van der Waals surface area contributed by atoms with E-state index < -0.39 is 5.97 Å². The van der Waals surface area contributed by atoms with Gasteiger partial charge in [0, 0.05) is 6.54 Å². The van der Waals surface area contributed by atoms with Crippen LogP contribution in [0.3, 0.4) is 0 Å². The highest BCUT2D eigenvalue weighted by Crippen LogP contribution is 2.31. The third-order valence-electron chi connectivity index (χ3n) is 3.67. The molecule has 21 heavy (non-hydrogen) atoms. The molecule has 1 aliphatic rings. The molecule has 114 valence electrons. The van der Waals surface area contributed by atoms with Gasteiger partial charge >= 0.3 is 12.0 Å². The molecule has 5 nitrogen and oxygen atoms in total. The molecular weight excluding hydrogens is 268 g/mol. The molecule has 1 saturated heterocycles. The highest BCUT2D eigenvalue weighted by molar-refractivity contribution is 5.81. The van der Waals surface area contributed by atoms with E-state index in [2.05, 4.69) is 29.6 Å². The Labute approximate surface area is 125 Å². The molecule has 1 aromatic carbocycles. The van der Waals surface area contributed by atoms with Gasteiger partial charge in [-0.05, 0) is 32.3 Å². The van der Waals surface area contributed by atoms with Crippen LogP contribution >= 0.6 is 0 Å². The van der Waals surface area contributed by atoms with Gasteiger partial charge in [-0.1, -0.05) is 29.8 Å². The van der Waals surface area contributed by atoms with Crippen LogP contribution in [0.25, 0.3) is 0 Å². The molecule has 0 spiro atoms. The van der Waals surface area contributed by atoms with Gasteiger partial charge in [0.2, 0.25) is 0 Å². The fourth-order valence-corrected chi connectivity index (χ4v) is 2.61. The lowest BCUT2D eigenvalue weighted by Gasteiger charge is -2.25. The largest absolute Gasteiger partial charge is 0.465 e. The number of aryl methyl sites for hydroxylation is 1. The number of esters is 1. The molecule has 1 N–H and O–H groups in total. The standard InChI is InChI=1S/C16H22N2O3/c1-3-21-15(19)11-17-16(20)18-10-4-5-14(18)13-8-6-12(2)7-9-13/h6-9,14H,3-5,10-11H2,1-2H3,(H,17,20)/t14-/m1/s1. The lowest BCUT2D eigenvalue weighted by molar-refractivity contribution is -0.141. The normalized spacial score (nSPS) is 17.6. The van der Waals surface area contributed by atoms with E-state index in [4.69, 9.17) is 4.74 Å². The van der Waals surface area contributed by atoms with Crippen molar-refractivity contribution in [2.75, 3.05) is 19.7 Å². The van der Waals surface area contributed by atoms with Crippen molar-refractivity contribution in [3.63, 3.8) is 0 Å². The van der Waals surface area contributed by atoms with E-state index in [0.29, 0.717) is 13.2 Å². The second-order valence-electron chi connectivity index (χ2n) is 5.23. The van der Waals surface area contributed by atoms with Crippen molar-refractivity contribution < 1.29 is 14.3 Å². The van der Waals surface area contributed by atoms with Crippen molar-refractivity contribution >= 4 is 12.0 Å². The first-order valence-corrected chi connectivity index (χ1v) is 7.38. The smallest absolute Gasteiger partial charge is 0.325 e. The fraction of sp³-hybridized carbons (Fsp3) is 0.500. The van der Waals surface area contributed by atoms with Crippen LogP contribution in [-0.2, 0) is 9.53 Å². The SMILES string of the molecule is CCOC(=O)CNC(=O)N1CCC[C@@H]1c1ccc(C)cc1. The summed E-state index contributed by atoms with van der Waals surface area (Å²) in [6, 6.07) is 8.14. The summed E-state index contributed by atoms with van der Waals surface area (Å²) >= 11 is 0. The Kier molecular flexibility index (Phi) is 5.20. The number of amides is 2. The highest BCUT2D eigenvalue weighted by atomic mass is 16.5. The van der Waals surface area contributed by atoms with Crippen LogP contribution in [0.5, 0.6) is 0 Å². The minimum atomic E-state index is -0.406. The van der Waals surface area contributed by atoms with Crippen LogP contribution in [0.2, 0.25) is 0 Å². The number of hydrogen-bond acceptors (Lipinski definition) is 3. The van der Waals surface area contributed by atoms with Crippen molar-refractivity contribution in [1.82, 2.24) is 10.2 Å². The number of urea groups is 1. The van der Waals surface area contributed by atoms with Crippen molar-refractivity contribution in [3.8, 4) is 0 Å². The number of nitrogens with zero attached hydrogens (tertiary/aromatic N) is 1. The van der Waals surface area contributed by atoms with Crippen LogP contribution in [0.4, 0.5) is 4.79 Å². The molecule has 0 unspecified atom stereocenters. The lowest BCUT2D eigenvalue weighted by Crippen LogP contribution is -2.42. The zero-order valence-corrected chi connectivity index (χ0v) is 12.6. The zero-order valence-electron chi connectivity index (χ0n) is 12.6. The first kappa shape index (κ1) is 15.4. The molecule has 5 heteroatoms. The van der Waals surface area contributed by atoms with Crippen LogP contribution in [0.1, 0.15) is 36.9 Å². The quantitative estimate of drug-likeness (QED) is 0.866. The molecule has 1 aromatic rings. The molecular formula is C16H22N2O3. The Hall–Kier alpha value is -2.04. The minimum absolute atomic E-state index is 0.0796. The maximum absolute atomic E-state index is 12.2. The van der Waals surface area contributed by atoms with Gasteiger partial charge in [0.05, 0.1) is 12.6 Å². The van der Waals surface area contributed by atoms with Crippen LogP contribution in [0, 0.1) is 6.92 Å². The number of rotatable bonds is 4. The van der Waals surface area contributed by atoms with Crippen molar-refractivity contribution in [2.45, 2.75) is 32.7 Å². The Balaban J connectivity index is 1.96. The summed E-state index contributed by atoms with van der Waals surface area (Å²) in [5.74, 6) is -0.406. The number of hydrogen-bond donors (Lipinski definition) is 1. The van der Waals surface area contributed by atoms with Crippen molar-refractivity contribution in [1.29, 1.82) is 0 Å². The van der Waals surface area contributed by atoms with E-state index >= 15 is 0 Å². The van der Waals surface area contributed by atoms with Crippen LogP contribution in [-0.4, -0.2) is 36.6 Å². The van der Waals surface area contributed by atoms with Gasteiger partial charge in [0.25, 0.3) is 0 Å². The molecule has 0 saturated carbocycles. The van der Waals surface area contributed by atoms with Crippen LogP contribution in [0.15, 0.2) is 24.3 Å². The summed E-state index contributed by atoms with van der Waals surface area (Å²) in [5, 5.41) is 2.63. The van der Waals surface area contributed by atoms with E-state index in [9.17, 15) is 9.59 Å². The van der Waals surface area contributed by atoms with Gasteiger partial charge in [-0.3, -0.25) is 4.79 Å². The monoisotopic (exact) mass is 290 g/mol. The zero-order chi connectivity index (χ0) is 15.2. The number of carbonyl (C=O) groups excluding carboxylic acids is 2. The molecule has 1 aliphatic heterocycles. The van der Waals surface area contributed by atoms with Gasteiger partial charge in [0.1, 0.15) is 6.54 Å². The van der Waals surface area contributed by atoms with E-state index in [1.54, 1.807) is 11.8 Å². The summed E-state index contributed by atoms with van der Waals surface area (Å²) in [6.07, 6.45) is 1.93. The highest BCUT2D eigenvalue weighted by Gasteiger charge is 2.29. The second-order valence-corrected chi connectivity index (χ2v) is 5.23. The summed E-state index contributed by atoms with van der Waals surface area (Å²) < 4.78 is 4.81. The van der Waals surface area contributed by atoms with E-state index in [-0.39, 0.29) is 18.6 Å². The van der Waals surface area contributed by atoms with Crippen LogP contribution < -0.4 is 5.32 Å². The molecule has 0 aliphatic carbocycles. The summed E-state index contributed by atoms with van der Waals surface area (Å²) in [4.78, 5) is 25.3. The van der Waals surface area contributed by atoms with Gasteiger partial charge < -0.3 is 15.0 Å². The Bertz CT molecular complexity index is 499. The molecule has 1 atom stereocenters. The maximum atomic E-state index is 12.2. The summed E-state index contributed by atoms with van der Waals surface area (Å²) in [7, 11) is 0. The first-order chi connectivity index (χ1) is 10.1. The molecule has 2 rings (SSSR count). The predicted molar refractivity (Wildman–Crippen MR) is 79.9 cm³/mol. The number of ether oxygens (including phenoxy) is 1. The molecule has 2 amide bonds. The van der Waals surface area contributed by atoms with E-state index in [1.165, 1.54) is 5.56 Å². The van der Waals surface area contributed by atoms with Crippen molar-refractivity contribution in [2.24, 2.45) is 0 Å². The Morgan fingerprint density at radius 1 is 1.33 bits per heavy atom. The molecule has 1 heterocycles. The Morgan fingerprint density at radius 2 is 2.05 bits per heavy atom. The first-order valence-electron chi connectivity index (χ1n) is 7.38. The summed E-state index contributed by atoms with van der Waals surface area (Å²) in [5.41, 5.74) is 2.35. The number of carbonyl (C=O) groups is 2. The van der Waals surface area contributed by atoms with Gasteiger partial charge in [-0.2, -0.15) is 0 Å². The molecule has 0 radical (unpaired) electrons. The van der Waals surface area contributed by atoms with E-state index in [0.717, 1.165) is 18.4 Å². The predicted octanol–water partition coefficient (Wildman–Crippen LogP) is 2.40. The number of likely N-dealkylation sites (tertiary alicyclic amines) is 1. The topological polar surface area (TPSA) is 58.6 Å². The summed E-state index contributed by atoms with van der Waals surface area (Å²) in [6.45, 7) is 4.75. The molecule has 0 aromatic heterocycles. The molecule has 0 bridgehead atoms. The Morgan fingerprint density at radius 3 is 2.71 bits per heavy atom. The lowest BCUT2D eigenvalue weighted by atomic mass is 10.0. The maximum Gasteiger partial charge on any atom is 0.325 e. The number of nitrogens with one attached hydrogen (secondary N) is 1. The molecule has 1 fully saturated rings. The fourth-order valence-electron chi connectivity index (χ4n) is 2.61. The van der Waals surface area contributed by atoms with Gasteiger partial charge in [0.15, 0.2) is 0 Å². The van der Waals surface area contributed by atoms with Crippen molar-refractivity contribution in [3.05, 3.63) is 35.4 Å². The van der Waals surface area contributed by atoms with E-state index in [1.807, 2.05) is 6.92 Å².